The zero-order valence-electron chi connectivity index (χ0n) is 23.5. The molecule has 9 heteroatoms. The van der Waals surface area contributed by atoms with Crippen LogP contribution in [0.4, 0.5) is 0 Å². The number of nitrogens with zero attached hydrogens (tertiary/aromatic N) is 2. The van der Waals surface area contributed by atoms with E-state index in [0.717, 1.165) is 40.1 Å². The summed E-state index contributed by atoms with van der Waals surface area (Å²) in [5, 5.41) is 2.98. The van der Waals surface area contributed by atoms with Crippen molar-refractivity contribution in [3.63, 3.8) is 0 Å². The largest absolute Gasteiger partial charge is 0.497 e. The Morgan fingerprint density at radius 3 is 1.98 bits per heavy atom. The number of amides is 2. The van der Waals surface area contributed by atoms with Crippen LogP contribution in [0.15, 0.2) is 84.9 Å². The van der Waals surface area contributed by atoms with Gasteiger partial charge in [0, 0.05) is 26.1 Å². The molecule has 0 aliphatic rings. The number of sulfonamides is 1. The van der Waals surface area contributed by atoms with Gasteiger partial charge in [0.25, 0.3) is 0 Å². The van der Waals surface area contributed by atoms with Crippen molar-refractivity contribution >= 4 is 21.8 Å². The number of ether oxygens (including phenoxy) is 1. The summed E-state index contributed by atoms with van der Waals surface area (Å²) in [4.78, 5) is 29.1. The smallest absolute Gasteiger partial charge is 0.243 e. The molecule has 0 aliphatic carbocycles. The predicted molar refractivity (Wildman–Crippen MR) is 157 cm³/mol. The molecule has 0 heterocycles. The highest BCUT2D eigenvalue weighted by Gasteiger charge is 2.32. The quantitative estimate of drug-likeness (QED) is 0.281. The fraction of sp³-hybridized carbons (Fsp3) is 0.355. The van der Waals surface area contributed by atoms with E-state index >= 15 is 0 Å². The van der Waals surface area contributed by atoms with Crippen molar-refractivity contribution < 1.29 is 22.7 Å². The van der Waals surface area contributed by atoms with E-state index in [-0.39, 0.29) is 25.4 Å². The molecule has 3 rings (SSSR count). The van der Waals surface area contributed by atoms with E-state index < -0.39 is 28.5 Å². The minimum absolute atomic E-state index is 0.0494. The molecule has 2 amide bonds. The molecular formula is C31H39N3O5S. The first-order valence-electron chi connectivity index (χ1n) is 13.4. The van der Waals surface area contributed by atoms with Crippen LogP contribution in [0.2, 0.25) is 0 Å². The molecule has 0 saturated carbocycles. The topological polar surface area (TPSA) is 96.0 Å². The first-order valence-corrected chi connectivity index (χ1v) is 15.3. The maximum absolute atomic E-state index is 14.0. The number of benzene rings is 3. The minimum Gasteiger partial charge on any atom is -0.497 e. The summed E-state index contributed by atoms with van der Waals surface area (Å²) in [6, 6.07) is 25.1. The highest BCUT2D eigenvalue weighted by molar-refractivity contribution is 7.88. The third-order valence-electron chi connectivity index (χ3n) is 6.60. The molecule has 0 spiro atoms. The first kappa shape index (κ1) is 30.8. The van der Waals surface area contributed by atoms with Crippen molar-refractivity contribution in [2.24, 2.45) is 0 Å². The second-order valence-corrected chi connectivity index (χ2v) is 11.7. The maximum Gasteiger partial charge on any atom is 0.243 e. The van der Waals surface area contributed by atoms with Gasteiger partial charge >= 0.3 is 0 Å². The second-order valence-electron chi connectivity index (χ2n) is 9.74. The van der Waals surface area contributed by atoms with Gasteiger partial charge in [-0.15, -0.1) is 0 Å². The average Bonchev–Trinajstić information content (AvgIpc) is 2.95. The Kier molecular flexibility index (Phi) is 11.7. The Labute approximate surface area is 238 Å². The number of rotatable bonds is 15. The van der Waals surface area contributed by atoms with Gasteiger partial charge in [0.1, 0.15) is 11.8 Å². The highest BCUT2D eigenvalue weighted by Crippen LogP contribution is 2.19. The monoisotopic (exact) mass is 565 g/mol. The summed E-state index contributed by atoms with van der Waals surface area (Å²) in [6.45, 7) is 2.32. The lowest BCUT2D eigenvalue weighted by molar-refractivity contribution is -0.141. The van der Waals surface area contributed by atoms with Crippen molar-refractivity contribution in [1.82, 2.24) is 14.5 Å². The highest BCUT2D eigenvalue weighted by atomic mass is 32.2. The molecule has 1 N–H and O–H groups in total. The number of carbonyl (C=O) groups excluding carboxylic acids is 2. The van der Waals surface area contributed by atoms with E-state index in [1.165, 1.54) is 4.90 Å². The Morgan fingerprint density at radius 2 is 1.43 bits per heavy atom. The zero-order valence-corrected chi connectivity index (χ0v) is 24.3. The molecule has 0 aromatic heterocycles. The summed E-state index contributed by atoms with van der Waals surface area (Å²) < 4.78 is 31.9. The van der Waals surface area contributed by atoms with Crippen LogP contribution in [0.25, 0.3) is 0 Å². The molecule has 1 atom stereocenters. The van der Waals surface area contributed by atoms with Crippen LogP contribution in [0.5, 0.6) is 5.75 Å². The molecule has 0 bridgehead atoms. The number of methoxy groups -OCH3 is 1. The maximum atomic E-state index is 14.0. The summed E-state index contributed by atoms with van der Waals surface area (Å²) in [5.41, 5.74) is 2.46. The van der Waals surface area contributed by atoms with Crippen molar-refractivity contribution in [3.8, 4) is 5.75 Å². The van der Waals surface area contributed by atoms with E-state index in [2.05, 4.69) is 5.32 Å². The van der Waals surface area contributed by atoms with Gasteiger partial charge in [0.15, 0.2) is 0 Å². The van der Waals surface area contributed by atoms with Crippen LogP contribution in [0.1, 0.15) is 36.5 Å². The number of unbranched alkanes of at least 4 members (excludes halogenated alkanes) is 1. The van der Waals surface area contributed by atoms with Crippen LogP contribution >= 0.6 is 0 Å². The van der Waals surface area contributed by atoms with Crippen molar-refractivity contribution in [1.29, 1.82) is 0 Å². The molecule has 214 valence electrons. The molecule has 0 fully saturated rings. The molecule has 0 aliphatic heterocycles. The Hall–Kier alpha value is -3.69. The number of nitrogens with one attached hydrogen (secondary N) is 1. The van der Waals surface area contributed by atoms with Crippen molar-refractivity contribution in [3.05, 3.63) is 102 Å². The Morgan fingerprint density at radius 1 is 0.850 bits per heavy atom. The Bertz CT molecular complexity index is 1320. The molecule has 8 nitrogen and oxygen atoms in total. The molecular weight excluding hydrogens is 526 g/mol. The standard InChI is InChI=1S/C31H39N3O5S/c1-4-5-20-32-31(36)29(21-25-12-8-6-9-13-25)34(23-27-16-18-28(39-2)19-17-27)30(35)24-33(40(3,37)38)22-26-14-10-7-11-15-26/h6-19,29H,4-5,20-24H2,1-3H3,(H,32,36)/t29-/m1/s1. The molecule has 40 heavy (non-hydrogen) atoms. The van der Waals surface area contributed by atoms with Gasteiger partial charge in [0.2, 0.25) is 21.8 Å². The third kappa shape index (κ3) is 9.50. The molecule has 0 radical (unpaired) electrons. The normalized spacial score (nSPS) is 12.1. The molecule has 0 saturated heterocycles. The van der Waals surface area contributed by atoms with Crippen LogP contribution in [0.3, 0.4) is 0 Å². The zero-order chi connectivity index (χ0) is 29.0. The SMILES string of the molecule is CCCCNC(=O)[C@@H](Cc1ccccc1)N(Cc1ccc(OC)cc1)C(=O)CN(Cc1ccccc1)S(C)(=O)=O. The van der Waals surface area contributed by atoms with Crippen LogP contribution in [-0.4, -0.2) is 61.9 Å². The van der Waals surface area contributed by atoms with Crippen LogP contribution in [-0.2, 0) is 39.1 Å². The fourth-order valence-corrected chi connectivity index (χ4v) is 5.04. The number of carbonyl (C=O) groups is 2. The van der Waals surface area contributed by atoms with Crippen LogP contribution in [0, 0.1) is 0 Å². The Balaban J connectivity index is 1.97. The van der Waals surface area contributed by atoms with E-state index in [1.807, 2.05) is 79.7 Å². The van der Waals surface area contributed by atoms with Gasteiger partial charge in [0.05, 0.1) is 19.9 Å². The lowest BCUT2D eigenvalue weighted by Gasteiger charge is -2.33. The first-order chi connectivity index (χ1) is 19.2. The minimum atomic E-state index is -3.73. The summed E-state index contributed by atoms with van der Waals surface area (Å²) >= 11 is 0. The number of hydrogen-bond acceptors (Lipinski definition) is 5. The van der Waals surface area contributed by atoms with Crippen LogP contribution < -0.4 is 10.1 Å². The molecule has 3 aromatic rings. The molecule has 0 unspecified atom stereocenters. The lowest BCUT2D eigenvalue weighted by Crippen LogP contribution is -2.53. The van der Waals surface area contributed by atoms with Crippen molar-refractivity contribution in [2.75, 3.05) is 26.5 Å². The lowest BCUT2D eigenvalue weighted by atomic mass is 10.0. The van der Waals surface area contributed by atoms with Gasteiger partial charge in [-0.05, 0) is 35.2 Å². The van der Waals surface area contributed by atoms with E-state index in [0.29, 0.717) is 12.3 Å². The second kappa shape index (κ2) is 15.2. The van der Waals surface area contributed by atoms with Crippen molar-refractivity contribution in [2.45, 2.75) is 45.3 Å². The van der Waals surface area contributed by atoms with Gasteiger partial charge in [-0.1, -0.05) is 86.1 Å². The van der Waals surface area contributed by atoms with Gasteiger partial charge in [-0.2, -0.15) is 4.31 Å². The summed E-state index contributed by atoms with van der Waals surface area (Å²) in [7, 11) is -2.15. The molecule has 3 aromatic carbocycles. The predicted octanol–water partition coefficient (Wildman–Crippen LogP) is 4.01. The van der Waals surface area contributed by atoms with Gasteiger partial charge < -0.3 is 15.0 Å². The average molecular weight is 566 g/mol. The van der Waals surface area contributed by atoms with E-state index in [9.17, 15) is 18.0 Å². The van der Waals surface area contributed by atoms with E-state index in [1.54, 1.807) is 19.2 Å². The number of hydrogen-bond donors (Lipinski definition) is 1. The summed E-state index contributed by atoms with van der Waals surface area (Å²) in [5.74, 6) is -0.0530. The fourth-order valence-electron chi connectivity index (χ4n) is 4.31. The van der Waals surface area contributed by atoms with Gasteiger partial charge in [-0.25, -0.2) is 8.42 Å². The third-order valence-corrected chi connectivity index (χ3v) is 7.79. The van der Waals surface area contributed by atoms with E-state index in [4.69, 9.17) is 4.74 Å². The summed E-state index contributed by atoms with van der Waals surface area (Å²) in [6.07, 6.45) is 3.12. The van der Waals surface area contributed by atoms with Gasteiger partial charge in [-0.3, -0.25) is 9.59 Å².